The molecular weight excluding hydrogens is 421 g/mol. The molecule has 0 bridgehead atoms. The van der Waals surface area contributed by atoms with Crippen molar-refractivity contribution in [3.8, 4) is 11.3 Å². The van der Waals surface area contributed by atoms with Gasteiger partial charge in [-0.1, -0.05) is 0 Å². The average molecular weight is 448 g/mol. The smallest absolute Gasteiger partial charge is 0.227 e. The zero-order valence-electron chi connectivity index (χ0n) is 17.4. The van der Waals surface area contributed by atoms with Gasteiger partial charge in [-0.2, -0.15) is 4.31 Å². The van der Waals surface area contributed by atoms with E-state index in [2.05, 4.69) is 15.1 Å². The Morgan fingerprint density at radius 3 is 2.32 bits per heavy atom. The Kier molecular flexibility index (Phi) is 6.19. The number of benzene rings is 1. The highest BCUT2D eigenvalue weighted by Gasteiger charge is 2.33. The number of piperidine rings is 1. The summed E-state index contributed by atoms with van der Waals surface area (Å²) < 4.78 is 37.9. The number of carbonyl (C=O) groups is 1. The van der Waals surface area contributed by atoms with E-state index in [1.165, 1.54) is 22.7 Å². The van der Waals surface area contributed by atoms with Crippen LogP contribution in [0.1, 0.15) is 12.8 Å². The normalized spacial score (nSPS) is 20.6. The molecule has 0 N–H and O–H groups in total. The highest BCUT2D eigenvalue weighted by Crippen LogP contribution is 2.25. The predicted octanol–water partition coefficient (Wildman–Crippen LogP) is 1.60. The second kappa shape index (κ2) is 8.88. The van der Waals surface area contributed by atoms with Crippen LogP contribution < -0.4 is 4.90 Å². The first kappa shape index (κ1) is 21.6. The first-order valence-corrected chi connectivity index (χ1v) is 12.2. The van der Waals surface area contributed by atoms with Crippen LogP contribution in [0.3, 0.4) is 0 Å². The second-order valence-corrected chi connectivity index (χ2v) is 10.0. The van der Waals surface area contributed by atoms with E-state index in [0.717, 1.165) is 24.9 Å². The predicted molar refractivity (Wildman–Crippen MR) is 115 cm³/mol. The number of halogens is 1. The molecule has 0 spiro atoms. The fraction of sp³-hybridized carbons (Fsp3) is 0.476. The van der Waals surface area contributed by atoms with E-state index in [0.29, 0.717) is 44.2 Å². The number of piperazine rings is 1. The van der Waals surface area contributed by atoms with Gasteiger partial charge in [0.1, 0.15) is 5.82 Å². The summed E-state index contributed by atoms with van der Waals surface area (Å²) in [7, 11) is -3.22. The molecule has 2 fully saturated rings. The quantitative estimate of drug-likeness (QED) is 0.708. The Morgan fingerprint density at radius 1 is 1.00 bits per heavy atom. The van der Waals surface area contributed by atoms with Crippen LogP contribution in [0, 0.1) is 11.7 Å². The van der Waals surface area contributed by atoms with Gasteiger partial charge in [0.25, 0.3) is 0 Å². The number of carbonyl (C=O) groups excluding carboxylic acids is 1. The number of rotatable bonds is 4. The molecule has 31 heavy (non-hydrogen) atoms. The summed E-state index contributed by atoms with van der Waals surface area (Å²) >= 11 is 0. The third-order valence-corrected chi connectivity index (χ3v) is 7.21. The highest BCUT2D eigenvalue weighted by molar-refractivity contribution is 7.88. The van der Waals surface area contributed by atoms with Gasteiger partial charge < -0.3 is 9.80 Å². The molecule has 3 heterocycles. The van der Waals surface area contributed by atoms with Crippen LogP contribution in [-0.4, -0.2) is 79.3 Å². The van der Waals surface area contributed by atoms with Crippen LogP contribution >= 0.6 is 0 Å². The van der Waals surface area contributed by atoms with Crippen molar-refractivity contribution in [2.45, 2.75) is 12.8 Å². The maximum Gasteiger partial charge on any atom is 0.227 e. The maximum absolute atomic E-state index is 13.1. The second-order valence-electron chi connectivity index (χ2n) is 8.06. The molecule has 2 aliphatic heterocycles. The number of amides is 1. The Labute approximate surface area is 181 Å². The number of nitrogens with zero attached hydrogens (tertiary/aromatic N) is 5. The van der Waals surface area contributed by atoms with Crippen molar-refractivity contribution >= 4 is 21.7 Å². The van der Waals surface area contributed by atoms with E-state index in [4.69, 9.17) is 0 Å². The van der Waals surface area contributed by atoms with Gasteiger partial charge in [-0.15, -0.1) is 10.2 Å². The van der Waals surface area contributed by atoms with Crippen molar-refractivity contribution < 1.29 is 17.6 Å². The van der Waals surface area contributed by atoms with Gasteiger partial charge in [-0.3, -0.25) is 4.79 Å². The van der Waals surface area contributed by atoms with Gasteiger partial charge in [-0.25, -0.2) is 12.8 Å². The van der Waals surface area contributed by atoms with Crippen LogP contribution in [0.15, 0.2) is 36.4 Å². The fourth-order valence-corrected chi connectivity index (χ4v) is 4.98. The van der Waals surface area contributed by atoms with Crippen molar-refractivity contribution in [2.75, 3.05) is 50.4 Å². The van der Waals surface area contributed by atoms with Crippen molar-refractivity contribution in [3.05, 3.63) is 42.2 Å². The minimum absolute atomic E-state index is 0.0775. The summed E-state index contributed by atoms with van der Waals surface area (Å²) in [5.41, 5.74) is 1.46. The topological polar surface area (TPSA) is 86.7 Å². The molecule has 8 nitrogen and oxygen atoms in total. The summed E-state index contributed by atoms with van der Waals surface area (Å²) in [6, 6.07) is 9.84. The molecular formula is C21H26FN5O3S. The minimum Gasteiger partial charge on any atom is -0.354 e. The van der Waals surface area contributed by atoms with E-state index in [1.807, 2.05) is 12.1 Å². The number of hydrogen-bond donors (Lipinski definition) is 0. The summed E-state index contributed by atoms with van der Waals surface area (Å²) in [6.45, 7) is 2.91. The summed E-state index contributed by atoms with van der Waals surface area (Å²) in [4.78, 5) is 16.9. The molecule has 10 heteroatoms. The molecule has 166 valence electrons. The SMILES string of the molecule is CS(=O)(=O)N1CCN(C(=O)[C@@H]2CCCN(c3ccc(-c4ccc(F)cc4)nn3)C2)CC1. The lowest BCUT2D eigenvalue weighted by molar-refractivity contribution is -0.137. The lowest BCUT2D eigenvalue weighted by Gasteiger charge is -2.38. The molecule has 0 saturated carbocycles. The van der Waals surface area contributed by atoms with E-state index < -0.39 is 10.0 Å². The molecule has 0 radical (unpaired) electrons. The van der Waals surface area contributed by atoms with Crippen LogP contribution in [-0.2, 0) is 14.8 Å². The average Bonchev–Trinajstić information content (AvgIpc) is 2.79. The monoisotopic (exact) mass is 447 g/mol. The molecule has 0 unspecified atom stereocenters. The van der Waals surface area contributed by atoms with Gasteiger partial charge in [0.05, 0.1) is 17.9 Å². The third kappa shape index (κ3) is 5.01. The number of hydrogen-bond acceptors (Lipinski definition) is 6. The van der Waals surface area contributed by atoms with Crippen molar-refractivity contribution in [1.29, 1.82) is 0 Å². The molecule has 2 aromatic rings. The Balaban J connectivity index is 1.38. The van der Waals surface area contributed by atoms with E-state index >= 15 is 0 Å². The maximum atomic E-state index is 13.1. The van der Waals surface area contributed by atoms with Crippen LogP contribution in [0.5, 0.6) is 0 Å². The molecule has 1 amide bonds. The van der Waals surface area contributed by atoms with Gasteiger partial charge in [0, 0.05) is 44.8 Å². The molecule has 2 aliphatic rings. The lowest BCUT2D eigenvalue weighted by Crippen LogP contribution is -2.53. The Morgan fingerprint density at radius 2 is 1.71 bits per heavy atom. The summed E-state index contributed by atoms with van der Waals surface area (Å²) in [5.74, 6) is 0.353. The molecule has 0 aliphatic carbocycles. The number of aromatic nitrogens is 2. The van der Waals surface area contributed by atoms with Crippen LogP contribution in [0.25, 0.3) is 11.3 Å². The lowest BCUT2D eigenvalue weighted by atomic mass is 9.96. The van der Waals surface area contributed by atoms with Crippen molar-refractivity contribution in [3.63, 3.8) is 0 Å². The minimum atomic E-state index is -3.22. The van der Waals surface area contributed by atoms with Crippen molar-refractivity contribution in [2.24, 2.45) is 5.92 Å². The highest BCUT2D eigenvalue weighted by atomic mass is 32.2. The van der Waals surface area contributed by atoms with Gasteiger partial charge in [-0.05, 0) is 49.2 Å². The van der Waals surface area contributed by atoms with Gasteiger partial charge >= 0.3 is 0 Å². The summed E-state index contributed by atoms with van der Waals surface area (Å²) in [6.07, 6.45) is 2.88. The standard InChI is InChI=1S/C21H26FN5O3S/c1-31(29,30)27-13-11-25(12-14-27)21(28)17-3-2-10-26(15-17)20-9-8-19(23-24-20)16-4-6-18(22)7-5-16/h4-9,17H,2-3,10-15H2,1H3/t17-/m1/s1. The Hall–Kier alpha value is -2.59. The number of anilines is 1. The first-order chi connectivity index (χ1) is 14.8. The van der Waals surface area contributed by atoms with Gasteiger partial charge in [0.15, 0.2) is 5.82 Å². The molecule has 1 aromatic heterocycles. The van der Waals surface area contributed by atoms with E-state index in [1.54, 1.807) is 17.0 Å². The van der Waals surface area contributed by atoms with Gasteiger partial charge in [0.2, 0.25) is 15.9 Å². The molecule has 4 rings (SSSR count). The van der Waals surface area contributed by atoms with E-state index in [9.17, 15) is 17.6 Å². The third-order valence-electron chi connectivity index (χ3n) is 5.90. The Bertz CT molecular complexity index is 1020. The summed E-state index contributed by atoms with van der Waals surface area (Å²) in [5, 5.41) is 8.60. The first-order valence-electron chi connectivity index (χ1n) is 10.4. The molecule has 1 aromatic carbocycles. The van der Waals surface area contributed by atoms with Crippen LogP contribution in [0.4, 0.5) is 10.2 Å². The molecule has 2 saturated heterocycles. The fourth-order valence-electron chi connectivity index (χ4n) is 4.15. The van der Waals surface area contributed by atoms with Crippen LogP contribution in [0.2, 0.25) is 0 Å². The number of sulfonamides is 1. The van der Waals surface area contributed by atoms with E-state index in [-0.39, 0.29) is 17.6 Å². The zero-order valence-corrected chi connectivity index (χ0v) is 18.3. The molecule has 1 atom stereocenters. The zero-order chi connectivity index (χ0) is 22.0. The largest absolute Gasteiger partial charge is 0.354 e. The van der Waals surface area contributed by atoms with Crippen molar-refractivity contribution in [1.82, 2.24) is 19.4 Å².